The minimum atomic E-state index is -1.04. The molecule has 1 atom stereocenters. The summed E-state index contributed by atoms with van der Waals surface area (Å²) in [5, 5.41) is 0. The lowest BCUT2D eigenvalue weighted by atomic mass is 10.2. The van der Waals surface area contributed by atoms with E-state index in [9.17, 15) is 0 Å². The molecule has 0 aromatic rings. The van der Waals surface area contributed by atoms with Crippen LogP contribution in [-0.4, -0.2) is 33.6 Å². The largest absolute Gasteiger partial charge is 0.385 e. The van der Waals surface area contributed by atoms with Crippen molar-refractivity contribution in [3.05, 3.63) is 0 Å². The van der Waals surface area contributed by atoms with Gasteiger partial charge in [0, 0.05) is 12.8 Å². The molecule has 0 saturated carbocycles. The van der Waals surface area contributed by atoms with Crippen molar-refractivity contribution >= 4 is 8.07 Å². The average molecular weight is 216 g/mol. The number of rotatable bonds is 8. The fourth-order valence-corrected chi connectivity index (χ4v) is 3.77. The van der Waals surface area contributed by atoms with Crippen LogP contribution in [0, 0.1) is 0 Å². The Morgan fingerprint density at radius 3 is 2.64 bits per heavy atom. The summed E-state index contributed by atoms with van der Waals surface area (Å²) < 4.78 is 10.7. The number of epoxide rings is 1. The van der Waals surface area contributed by atoms with Crippen molar-refractivity contribution in [2.45, 2.75) is 51.4 Å². The van der Waals surface area contributed by atoms with E-state index in [0.717, 1.165) is 19.4 Å². The Hall–Kier alpha value is 0.137. The summed E-state index contributed by atoms with van der Waals surface area (Å²) in [6.07, 6.45) is 5.63. The van der Waals surface area contributed by atoms with Crippen molar-refractivity contribution in [1.82, 2.24) is 0 Å². The second-order valence-electron chi connectivity index (χ2n) is 5.00. The van der Waals surface area contributed by atoms with Crippen molar-refractivity contribution in [3.8, 4) is 0 Å². The van der Waals surface area contributed by atoms with E-state index in [1.54, 1.807) is 0 Å². The van der Waals surface area contributed by atoms with Crippen LogP contribution in [0.15, 0.2) is 0 Å². The Kier molecular flexibility index (Phi) is 5.13. The first kappa shape index (κ1) is 12.2. The minimum Gasteiger partial charge on any atom is -0.385 e. The maximum atomic E-state index is 5.53. The van der Waals surface area contributed by atoms with Crippen molar-refractivity contribution in [2.75, 3.05) is 19.4 Å². The van der Waals surface area contributed by atoms with Gasteiger partial charge in [-0.25, -0.2) is 0 Å². The third kappa shape index (κ3) is 5.78. The van der Waals surface area contributed by atoms with Gasteiger partial charge >= 0.3 is 0 Å². The van der Waals surface area contributed by atoms with Crippen LogP contribution < -0.4 is 0 Å². The molecule has 0 aromatic heterocycles. The first-order valence-corrected chi connectivity index (χ1v) is 9.25. The zero-order valence-corrected chi connectivity index (χ0v) is 10.8. The van der Waals surface area contributed by atoms with Gasteiger partial charge in [0.2, 0.25) is 0 Å². The number of unbranched alkanes of at least 4 members (excludes halogenated alkanes) is 1. The van der Waals surface area contributed by atoms with E-state index in [4.69, 9.17) is 9.47 Å². The first-order valence-electron chi connectivity index (χ1n) is 5.83. The maximum absolute atomic E-state index is 5.53. The van der Waals surface area contributed by atoms with E-state index in [1.165, 1.54) is 25.3 Å². The van der Waals surface area contributed by atoms with Crippen LogP contribution in [0.1, 0.15) is 26.2 Å². The summed E-state index contributed by atoms with van der Waals surface area (Å²) in [6.45, 7) is 8.81. The molecule has 14 heavy (non-hydrogen) atoms. The monoisotopic (exact) mass is 216 g/mol. The molecule has 0 aromatic carbocycles. The molecular formula is C11H24O2Si. The quantitative estimate of drug-likeness (QED) is 0.353. The predicted molar refractivity (Wildman–Crippen MR) is 62.4 cm³/mol. The fourth-order valence-electron chi connectivity index (χ4n) is 1.66. The average Bonchev–Trinajstić information content (AvgIpc) is 2.93. The summed E-state index contributed by atoms with van der Waals surface area (Å²) in [5.74, 6) is 0. The SMILES string of the molecule is CCOC[Si](C)(C)CCCCC1CO1. The Balaban J connectivity index is 1.96. The van der Waals surface area contributed by atoms with Crippen molar-refractivity contribution < 1.29 is 9.47 Å². The van der Waals surface area contributed by atoms with E-state index >= 15 is 0 Å². The zero-order chi connectivity index (χ0) is 10.4. The van der Waals surface area contributed by atoms with Gasteiger partial charge in [-0.15, -0.1) is 0 Å². The Bertz CT molecular complexity index is 155. The molecule has 0 spiro atoms. The highest BCUT2D eigenvalue weighted by molar-refractivity contribution is 6.77. The van der Waals surface area contributed by atoms with E-state index in [1.807, 2.05) is 0 Å². The smallest absolute Gasteiger partial charge is 0.0810 e. The van der Waals surface area contributed by atoms with Gasteiger partial charge in [0.05, 0.1) is 20.8 Å². The second kappa shape index (κ2) is 5.88. The zero-order valence-electron chi connectivity index (χ0n) is 9.84. The molecule has 1 aliphatic heterocycles. The molecule has 1 heterocycles. The molecule has 84 valence electrons. The molecule has 0 radical (unpaired) electrons. The summed E-state index contributed by atoms with van der Waals surface area (Å²) >= 11 is 0. The van der Waals surface area contributed by atoms with Crippen LogP contribution in [0.2, 0.25) is 19.1 Å². The Morgan fingerprint density at radius 2 is 2.07 bits per heavy atom. The fraction of sp³-hybridized carbons (Fsp3) is 1.00. The van der Waals surface area contributed by atoms with Gasteiger partial charge < -0.3 is 9.47 Å². The summed E-state index contributed by atoms with van der Waals surface area (Å²) in [6, 6.07) is 1.40. The van der Waals surface area contributed by atoms with Crippen LogP contribution in [0.25, 0.3) is 0 Å². The molecule has 1 unspecified atom stereocenters. The third-order valence-electron chi connectivity index (χ3n) is 2.73. The molecule has 3 heteroatoms. The molecule has 0 bridgehead atoms. The van der Waals surface area contributed by atoms with Crippen molar-refractivity contribution in [2.24, 2.45) is 0 Å². The normalized spacial score (nSPS) is 21.2. The lowest BCUT2D eigenvalue weighted by Crippen LogP contribution is -2.32. The summed E-state index contributed by atoms with van der Waals surface area (Å²) in [5.41, 5.74) is 0. The topological polar surface area (TPSA) is 21.8 Å². The molecule has 1 rings (SSSR count). The second-order valence-corrected chi connectivity index (χ2v) is 10.1. The molecular weight excluding hydrogens is 192 g/mol. The summed E-state index contributed by atoms with van der Waals surface area (Å²) in [7, 11) is -1.04. The van der Waals surface area contributed by atoms with Gasteiger partial charge in [0.1, 0.15) is 0 Å². The maximum Gasteiger partial charge on any atom is 0.0810 e. The highest BCUT2D eigenvalue weighted by Crippen LogP contribution is 2.20. The number of hydrogen-bond donors (Lipinski definition) is 0. The number of ether oxygens (including phenoxy) is 2. The molecule has 0 amide bonds. The van der Waals surface area contributed by atoms with Crippen molar-refractivity contribution in [1.29, 1.82) is 0 Å². The lowest BCUT2D eigenvalue weighted by Gasteiger charge is -2.21. The lowest BCUT2D eigenvalue weighted by molar-refractivity contribution is 0.188. The molecule has 0 aliphatic carbocycles. The first-order chi connectivity index (χ1) is 6.64. The van der Waals surface area contributed by atoms with Crippen molar-refractivity contribution in [3.63, 3.8) is 0 Å². The summed E-state index contributed by atoms with van der Waals surface area (Å²) in [4.78, 5) is 0. The van der Waals surface area contributed by atoms with Crippen LogP contribution in [0.4, 0.5) is 0 Å². The Morgan fingerprint density at radius 1 is 1.36 bits per heavy atom. The van der Waals surface area contributed by atoms with Gasteiger partial charge in [-0.2, -0.15) is 0 Å². The molecule has 2 nitrogen and oxygen atoms in total. The molecule has 1 fully saturated rings. The highest BCUT2D eigenvalue weighted by Gasteiger charge is 2.23. The van der Waals surface area contributed by atoms with Gasteiger partial charge in [-0.05, 0) is 13.3 Å². The van der Waals surface area contributed by atoms with Crippen LogP contribution in [0.5, 0.6) is 0 Å². The van der Waals surface area contributed by atoms with Gasteiger partial charge in [0.15, 0.2) is 0 Å². The van der Waals surface area contributed by atoms with E-state index in [2.05, 4.69) is 20.0 Å². The predicted octanol–water partition coefficient (Wildman–Crippen LogP) is 2.84. The third-order valence-corrected chi connectivity index (χ3v) is 5.42. The van der Waals surface area contributed by atoms with Gasteiger partial charge in [0.25, 0.3) is 0 Å². The molecule has 1 aliphatic rings. The van der Waals surface area contributed by atoms with E-state index < -0.39 is 8.07 Å². The number of hydrogen-bond acceptors (Lipinski definition) is 2. The van der Waals surface area contributed by atoms with Gasteiger partial charge in [-0.3, -0.25) is 0 Å². The van der Waals surface area contributed by atoms with Gasteiger partial charge in [-0.1, -0.05) is 32.0 Å². The van der Waals surface area contributed by atoms with Crippen LogP contribution >= 0.6 is 0 Å². The minimum absolute atomic E-state index is 0.617. The Labute approximate surface area is 89.0 Å². The molecule has 1 saturated heterocycles. The standard InChI is InChI=1S/C11H24O2Si/c1-4-12-10-14(2,3)8-6-5-7-11-9-13-11/h11H,4-10H2,1-3H3. The molecule has 0 N–H and O–H groups in total. The van der Waals surface area contributed by atoms with Crippen LogP contribution in [0.3, 0.4) is 0 Å². The van der Waals surface area contributed by atoms with E-state index in [0.29, 0.717) is 6.10 Å². The van der Waals surface area contributed by atoms with E-state index in [-0.39, 0.29) is 0 Å². The van der Waals surface area contributed by atoms with Crippen LogP contribution in [-0.2, 0) is 9.47 Å². The highest BCUT2D eigenvalue weighted by atomic mass is 28.3.